The Balaban J connectivity index is 1.30. The topological polar surface area (TPSA) is 99.5 Å². The normalized spacial score (nSPS) is 53.7. The lowest BCUT2D eigenvalue weighted by Crippen LogP contribution is -2.59. The molecule has 5 aliphatic carbocycles. The molecule has 0 aromatic carbocycles. The number of allylic oxidation sites excluding steroid dienone is 1. The second-order valence-corrected chi connectivity index (χ2v) is 16.3. The van der Waals surface area contributed by atoms with Crippen molar-refractivity contribution < 1.29 is 29.6 Å². The lowest BCUT2D eigenvalue weighted by Gasteiger charge is -2.62. The van der Waals surface area contributed by atoms with Gasteiger partial charge in [0.1, 0.15) is 12.2 Å². The molecule has 7 nitrogen and oxygen atoms in total. The van der Waals surface area contributed by atoms with Crippen LogP contribution in [0.2, 0.25) is 0 Å². The number of likely N-dealkylation sites (tertiary alicyclic amines) is 1. The minimum absolute atomic E-state index is 0.0637. The van der Waals surface area contributed by atoms with Crippen LogP contribution in [-0.2, 0) is 9.47 Å². The van der Waals surface area contributed by atoms with E-state index in [1.165, 1.54) is 18.4 Å². The molecule has 9 unspecified atom stereocenters. The van der Waals surface area contributed by atoms with Gasteiger partial charge in [-0.1, -0.05) is 26.8 Å². The Hall–Kier alpha value is -1.15. The molecule has 7 aliphatic rings. The van der Waals surface area contributed by atoms with Crippen molar-refractivity contribution in [2.75, 3.05) is 13.1 Å². The molecular formula is C34H53NO6. The number of aliphatic hydroxyl groups is 3. The fourth-order valence-electron chi connectivity index (χ4n) is 12.4. The third-order valence-corrected chi connectivity index (χ3v) is 14.6. The fourth-order valence-corrected chi connectivity index (χ4v) is 12.4. The highest BCUT2D eigenvalue weighted by atomic mass is 16.6. The number of hydrogen-bond acceptors (Lipinski definition) is 6. The minimum Gasteiger partial charge on any atom is -0.443 e. The van der Waals surface area contributed by atoms with Gasteiger partial charge in [-0.25, -0.2) is 4.79 Å². The Morgan fingerprint density at radius 1 is 1.15 bits per heavy atom. The van der Waals surface area contributed by atoms with E-state index in [1.807, 2.05) is 4.90 Å². The van der Waals surface area contributed by atoms with Gasteiger partial charge in [0, 0.05) is 18.5 Å². The van der Waals surface area contributed by atoms with Crippen LogP contribution in [0.5, 0.6) is 0 Å². The SMILES string of the molecule is C/C=C1/C(O)CCC23CC24CCC2(C)C5C(OC(C(O)C(C)(C)O)C[C@H]5C)[C@H](OC(=O)N5CCC5)[C@@]2(C)C4CC[C@@H]13. The maximum atomic E-state index is 13.6. The summed E-state index contributed by atoms with van der Waals surface area (Å²) in [5.41, 5.74) is 0.150. The molecule has 7 heteroatoms. The first-order valence-corrected chi connectivity index (χ1v) is 16.6. The van der Waals surface area contributed by atoms with Crippen molar-refractivity contribution in [2.45, 2.75) is 135 Å². The Morgan fingerprint density at radius 2 is 1.88 bits per heavy atom. The smallest absolute Gasteiger partial charge is 0.410 e. The van der Waals surface area contributed by atoms with Crippen molar-refractivity contribution in [1.82, 2.24) is 4.90 Å². The number of amides is 1. The van der Waals surface area contributed by atoms with Gasteiger partial charge in [0.15, 0.2) is 0 Å². The van der Waals surface area contributed by atoms with Gasteiger partial charge in [-0.05, 0) is 124 Å². The number of carbonyl (C=O) groups excluding carboxylic acids is 1. The molecule has 0 bridgehead atoms. The van der Waals surface area contributed by atoms with Crippen LogP contribution in [0, 0.1) is 45.3 Å². The van der Waals surface area contributed by atoms with Gasteiger partial charge in [-0.3, -0.25) is 0 Å². The van der Waals surface area contributed by atoms with Crippen molar-refractivity contribution in [3.8, 4) is 0 Å². The molecule has 2 saturated heterocycles. The zero-order valence-corrected chi connectivity index (χ0v) is 26.1. The Bertz CT molecular complexity index is 1130. The summed E-state index contributed by atoms with van der Waals surface area (Å²) in [5, 5.41) is 32.8. The molecule has 1 amide bonds. The van der Waals surface area contributed by atoms with E-state index in [4.69, 9.17) is 9.47 Å². The van der Waals surface area contributed by atoms with Crippen LogP contribution >= 0.6 is 0 Å². The molecule has 7 fully saturated rings. The molecule has 5 saturated carbocycles. The Morgan fingerprint density at radius 3 is 2.51 bits per heavy atom. The lowest BCUT2D eigenvalue weighted by molar-refractivity contribution is -0.203. The van der Waals surface area contributed by atoms with Gasteiger partial charge in [0.2, 0.25) is 0 Å². The van der Waals surface area contributed by atoms with Crippen LogP contribution < -0.4 is 0 Å². The molecule has 41 heavy (non-hydrogen) atoms. The van der Waals surface area contributed by atoms with E-state index in [1.54, 1.807) is 13.8 Å². The van der Waals surface area contributed by atoms with Crippen LogP contribution in [0.3, 0.4) is 0 Å². The number of hydrogen-bond donors (Lipinski definition) is 3. The van der Waals surface area contributed by atoms with Gasteiger partial charge >= 0.3 is 6.09 Å². The molecule has 13 atom stereocenters. The number of carbonyl (C=O) groups is 1. The number of aliphatic hydroxyl groups excluding tert-OH is 2. The molecular weight excluding hydrogens is 518 g/mol. The third kappa shape index (κ3) is 3.50. The second kappa shape index (κ2) is 8.95. The van der Waals surface area contributed by atoms with E-state index in [0.717, 1.165) is 51.6 Å². The van der Waals surface area contributed by atoms with Crippen molar-refractivity contribution in [1.29, 1.82) is 0 Å². The number of ether oxygens (including phenoxy) is 2. The van der Waals surface area contributed by atoms with Crippen molar-refractivity contribution >= 4 is 6.09 Å². The molecule has 0 radical (unpaired) electrons. The highest BCUT2D eigenvalue weighted by molar-refractivity contribution is 5.69. The van der Waals surface area contributed by atoms with E-state index in [9.17, 15) is 20.1 Å². The fraction of sp³-hybridized carbons (Fsp3) is 0.912. The standard InChI is InChI=1S/C34H53NO6/c1-7-20-21-9-10-24-32(6)28(41-29(38)35-15-8-16-35)26-25(19(2)17-23(40-26)27(37)30(3,4)39)31(32,5)13-14-34(24)18-33(21,34)12-11-22(20)36/h7,19,21-28,36-37,39H,8-18H2,1-6H3/b20-7+/t19-,21+,22?,23?,24?,25?,26?,27?,28+,31?,32-,33?,34?/m1/s1. The first-order valence-electron chi connectivity index (χ1n) is 16.6. The zero-order chi connectivity index (χ0) is 29.3. The summed E-state index contributed by atoms with van der Waals surface area (Å²) in [6.45, 7) is 14.1. The van der Waals surface area contributed by atoms with Gasteiger partial charge in [-0.15, -0.1) is 0 Å². The number of rotatable bonds is 3. The van der Waals surface area contributed by atoms with Crippen LogP contribution in [-0.4, -0.2) is 75.5 Å². The Kier molecular flexibility index (Phi) is 6.25. The molecule has 2 heterocycles. The average molecular weight is 572 g/mol. The first kappa shape index (κ1) is 28.6. The first-order chi connectivity index (χ1) is 19.2. The molecule has 7 rings (SSSR count). The predicted octanol–water partition coefficient (Wildman–Crippen LogP) is 5.06. The van der Waals surface area contributed by atoms with Gasteiger partial charge in [0.25, 0.3) is 0 Å². The van der Waals surface area contributed by atoms with E-state index < -0.39 is 23.9 Å². The summed E-state index contributed by atoms with van der Waals surface area (Å²) in [6.07, 6.45) is 8.82. The molecule has 0 aromatic heterocycles. The van der Waals surface area contributed by atoms with Crippen LogP contribution in [0.4, 0.5) is 4.79 Å². The molecule has 2 spiro atoms. The predicted molar refractivity (Wildman–Crippen MR) is 155 cm³/mol. The summed E-state index contributed by atoms with van der Waals surface area (Å²) < 4.78 is 13.5. The van der Waals surface area contributed by atoms with E-state index in [0.29, 0.717) is 18.3 Å². The average Bonchev–Trinajstić information content (AvgIpc) is 3.50. The van der Waals surface area contributed by atoms with E-state index >= 15 is 0 Å². The minimum atomic E-state index is -1.28. The molecule has 2 aliphatic heterocycles. The van der Waals surface area contributed by atoms with Crippen LogP contribution in [0.15, 0.2) is 11.6 Å². The van der Waals surface area contributed by atoms with Crippen molar-refractivity contribution in [2.24, 2.45) is 45.3 Å². The van der Waals surface area contributed by atoms with Crippen LogP contribution in [0.25, 0.3) is 0 Å². The summed E-state index contributed by atoms with van der Waals surface area (Å²) in [4.78, 5) is 15.4. The summed E-state index contributed by atoms with van der Waals surface area (Å²) in [7, 11) is 0. The van der Waals surface area contributed by atoms with Crippen molar-refractivity contribution in [3.63, 3.8) is 0 Å². The molecule has 3 N–H and O–H groups in total. The van der Waals surface area contributed by atoms with E-state index in [-0.39, 0.29) is 51.8 Å². The molecule has 0 aromatic rings. The van der Waals surface area contributed by atoms with Gasteiger partial charge < -0.3 is 29.7 Å². The lowest BCUT2D eigenvalue weighted by atomic mass is 9.42. The monoisotopic (exact) mass is 571 g/mol. The quantitative estimate of drug-likeness (QED) is 0.410. The number of nitrogens with zero attached hydrogens (tertiary/aromatic N) is 1. The van der Waals surface area contributed by atoms with Gasteiger partial charge in [-0.2, -0.15) is 0 Å². The largest absolute Gasteiger partial charge is 0.443 e. The maximum absolute atomic E-state index is 13.6. The summed E-state index contributed by atoms with van der Waals surface area (Å²) in [5.74, 6) is 1.38. The highest BCUT2D eigenvalue weighted by Crippen LogP contribution is 2.88. The maximum Gasteiger partial charge on any atom is 0.410 e. The Labute approximate surface area is 246 Å². The zero-order valence-electron chi connectivity index (χ0n) is 26.1. The van der Waals surface area contributed by atoms with Crippen molar-refractivity contribution in [3.05, 3.63) is 11.6 Å². The highest BCUT2D eigenvalue weighted by Gasteiger charge is 2.84. The number of fused-ring (bicyclic) bond motifs is 4. The second-order valence-electron chi connectivity index (χ2n) is 16.3. The van der Waals surface area contributed by atoms with Gasteiger partial charge in [0.05, 0.1) is 23.9 Å². The van der Waals surface area contributed by atoms with E-state index in [2.05, 4.69) is 33.8 Å². The summed E-state index contributed by atoms with van der Waals surface area (Å²) >= 11 is 0. The third-order valence-electron chi connectivity index (χ3n) is 14.6. The summed E-state index contributed by atoms with van der Waals surface area (Å²) in [6, 6.07) is 0. The molecule has 230 valence electrons. The van der Waals surface area contributed by atoms with Crippen LogP contribution in [0.1, 0.15) is 99.3 Å².